The standard InChI is InChI=1S/C17H22N4O4S/c1-25-11-10-19-16-7-4-14(12-21-16)17(22)20-9-8-13-2-5-15(6-3-13)26(18,23)24/h2-7,12H,8-11H2,1H3,(H,19,21)(H,20,22)(H2,18,23,24). The molecule has 2 rings (SSSR count). The first-order chi connectivity index (χ1) is 12.4. The lowest BCUT2D eigenvalue weighted by atomic mass is 10.1. The molecule has 1 aromatic heterocycles. The normalized spacial score (nSPS) is 11.2. The van der Waals surface area contributed by atoms with Gasteiger partial charge in [-0.3, -0.25) is 4.79 Å². The number of anilines is 1. The number of benzene rings is 1. The summed E-state index contributed by atoms with van der Waals surface area (Å²) < 4.78 is 27.4. The highest BCUT2D eigenvalue weighted by Crippen LogP contribution is 2.09. The molecular weight excluding hydrogens is 356 g/mol. The summed E-state index contributed by atoms with van der Waals surface area (Å²) in [7, 11) is -2.07. The van der Waals surface area contributed by atoms with Gasteiger partial charge in [-0.2, -0.15) is 0 Å². The van der Waals surface area contributed by atoms with Crippen molar-refractivity contribution >= 4 is 21.7 Å². The molecule has 26 heavy (non-hydrogen) atoms. The number of sulfonamides is 1. The fourth-order valence-electron chi connectivity index (χ4n) is 2.18. The third-order valence-electron chi connectivity index (χ3n) is 3.59. The first-order valence-electron chi connectivity index (χ1n) is 7.99. The second-order valence-electron chi connectivity index (χ2n) is 5.55. The van der Waals surface area contributed by atoms with Crippen molar-refractivity contribution in [3.8, 4) is 0 Å². The Morgan fingerprint density at radius 2 is 1.88 bits per heavy atom. The molecule has 8 nitrogen and oxygen atoms in total. The number of nitrogens with two attached hydrogens (primary N) is 1. The van der Waals surface area contributed by atoms with Crippen LogP contribution in [0.5, 0.6) is 0 Å². The number of pyridine rings is 1. The molecule has 0 aliphatic rings. The summed E-state index contributed by atoms with van der Waals surface area (Å²) >= 11 is 0. The van der Waals surface area contributed by atoms with Crippen LogP contribution in [0.25, 0.3) is 0 Å². The smallest absolute Gasteiger partial charge is 0.252 e. The molecule has 0 fully saturated rings. The summed E-state index contributed by atoms with van der Waals surface area (Å²) in [5.41, 5.74) is 1.36. The second kappa shape index (κ2) is 9.27. The van der Waals surface area contributed by atoms with E-state index >= 15 is 0 Å². The van der Waals surface area contributed by atoms with Gasteiger partial charge in [-0.25, -0.2) is 18.5 Å². The Balaban J connectivity index is 1.81. The number of primary sulfonamides is 1. The van der Waals surface area contributed by atoms with E-state index < -0.39 is 10.0 Å². The van der Waals surface area contributed by atoms with Gasteiger partial charge in [0, 0.05) is 26.4 Å². The highest BCUT2D eigenvalue weighted by atomic mass is 32.2. The molecule has 0 saturated carbocycles. The lowest BCUT2D eigenvalue weighted by Gasteiger charge is -2.07. The maximum Gasteiger partial charge on any atom is 0.252 e. The van der Waals surface area contributed by atoms with Crippen molar-refractivity contribution in [3.05, 3.63) is 53.7 Å². The highest BCUT2D eigenvalue weighted by Gasteiger charge is 2.08. The van der Waals surface area contributed by atoms with Gasteiger partial charge in [0.05, 0.1) is 17.1 Å². The maximum atomic E-state index is 12.1. The van der Waals surface area contributed by atoms with Gasteiger partial charge in [0.15, 0.2) is 0 Å². The lowest BCUT2D eigenvalue weighted by molar-refractivity contribution is 0.0954. The Kier molecular flexibility index (Phi) is 7.07. The van der Waals surface area contributed by atoms with Gasteiger partial charge in [-0.15, -0.1) is 0 Å². The number of carbonyl (C=O) groups is 1. The average molecular weight is 378 g/mol. The number of ether oxygens (including phenoxy) is 1. The van der Waals surface area contributed by atoms with Crippen molar-refractivity contribution < 1.29 is 17.9 Å². The topological polar surface area (TPSA) is 123 Å². The number of aromatic nitrogens is 1. The fraction of sp³-hybridized carbons (Fsp3) is 0.294. The SMILES string of the molecule is COCCNc1ccc(C(=O)NCCc2ccc(S(N)(=O)=O)cc2)cn1. The minimum Gasteiger partial charge on any atom is -0.383 e. The first-order valence-corrected chi connectivity index (χ1v) is 9.53. The molecule has 1 aromatic carbocycles. The number of nitrogens with zero attached hydrogens (tertiary/aromatic N) is 1. The van der Waals surface area contributed by atoms with Crippen LogP contribution in [0.3, 0.4) is 0 Å². The third kappa shape index (κ3) is 6.10. The number of amides is 1. The molecule has 140 valence electrons. The van der Waals surface area contributed by atoms with E-state index in [0.29, 0.717) is 37.5 Å². The van der Waals surface area contributed by atoms with Crippen LogP contribution in [-0.2, 0) is 21.2 Å². The van der Waals surface area contributed by atoms with Gasteiger partial charge in [0.2, 0.25) is 10.0 Å². The van der Waals surface area contributed by atoms with Crippen LogP contribution >= 0.6 is 0 Å². The van der Waals surface area contributed by atoms with Crippen LogP contribution in [0.2, 0.25) is 0 Å². The number of hydrogen-bond acceptors (Lipinski definition) is 6. The predicted octanol–water partition coefficient (Wildman–Crippen LogP) is 0.760. The molecule has 9 heteroatoms. The summed E-state index contributed by atoms with van der Waals surface area (Å²) in [6, 6.07) is 9.67. The highest BCUT2D eigenvalue weighted by molar-refractivity contribution is 7.89. The van der Waals surface area contributed by atoms with E-state index in [2.05, 4.69) is 15.6 Å². The zero-order chi connectivity index (χ0) is 19.0. The Morgan fingerprint density at radius 1 is 1.15 bits per heavy atom. The number of rotatable bonds is 9. The maximum absolute atomic E-state index is 12.1. The Labute approximate surface area is 152 Å². The molecule has 0 atom stereocenters. The summed E-state index contributed by atoms with van der Waals surface area (Å²) in [4.78, 5) is 16.3. The van der Waals surface area contributed by atoms with Crippen molar-refractivity contribution in [2.24, 2.45) is 5.14 Å². The van der Waals surface area contributed by atoms with E-state index in [1.165, 1.54) is 18.3 Å². The first kappa shape index (κ1) is 19.8. The van der Waals surface area contributed by atoms with Gasteiger partial charge in [-0.1, -0.05) is 12.1 Å². The minimum atomic E-state index is -3.69. The van der Waals surface area contributed by atoms with Crippen molar-refractivity contribution in [2.75, 3.05) is 32.1 Å². The van der Waals surface area contributed by atoms with Crippen molar-refractivity contribution in [3.63, 3.8) is 0 Å². The molecule has 0 bridgehead atoms. The zero-order valence-electron chi connectivity index (χ0n) is 14.4. The minimum absolute atomic E-state index is 0.0653. The molecule has 0 spiro atoms. The van der Waals surface area contributed by atoms with Gasteiger partial charge >= 0.3 is 0 Å². The van der Waals surface area contributed by atoms with E-state index in [9.17, 15) is 13.2 Å². The molecule has 4 N–H and O–H groups in total. The lowest BCUT2D eigenvalue weighted by Crippen LogP contribution is -2.25. The summed E-state index contributed by atoms with van der Waals surface area (Å²) in [6.07, 6.45) is 2.08. The molecule has 0 aliphatic heterocycles. The number of methoxy groups -OCH3 is 1. The van der Waals surface area contributed by atoms with Crippen LogP contribution in [-0.4, -0.2) is 46.1 Å². The van der Waals surface area contributed by atoms with Crippen LogP contribution < -0.4 is 15.8 Å². The van der Waals surface area contributed by atoms with E-state index in [0.717, 1.165) is 5.56 Å². The molecule has 2 aromatic rings. The van der Waals surface area contributed by atoms with Crippen LogP contribution in [0, 0.1) is 0 Å². The van der Waals surface area contributed by atoms with Crippen LogP contribution in [0.4, 0.5) is 5.82 Å². The summed E-state index contributed by atoms with van der Waals surface area (Å²) in [5, 5.41) is 10.9. The zero-order valence-corrected chi connectivity index (χ0v) is 15.3. The summed E-state index contributed by atoms with van der Waals surface area (Å²) in [6.45, 7) is 1.63. The molecule has 0 radical (unpaired) electrons. The van der Waals surface area contributed by atoms with Crippen LogP contribution in [0.1, 0.15) is 15.9 Å². The second-order valence-corrected chi connectivity index (χ2v) is 7.11. The van der Waals surface area contributed by atoms with Crippen molar-refractivity contribution in [1.82, 2.24) is 10.3 Å². The van der Waals surface area contributed by atoms with E-state index in [-0.39, 0.29) is 10.8 Å². The van der Waals surface area contributed by atoms with Gasteiger partial charge < -0.3 is 15.4 Å². The Morgan fingerprint density at radius 3 is 2.46 bits per heavy atom. The predicted molar refractivity (Wildman–Crippen MR) is 98.5 cm³/mol. The van der Waals surface area contributed by atoms with Crippen LogP contribution in [0.15, 0.2) is 47.5 Å². The van der Waals surface area contributed by atoms with Gasteiger partial charge in [0.1, 0.15) is 5.82 Å². The van der Waals surface area contributed by atoms with Gasteiger partial charge in [-0.05, 0) is 36.2 Å². The largest absolute Gasteiger partial charge is 0.383 e. The molecule has 1 amide bonds. The monoisotopic (exact) mass is 378 g/mol. The number of carbonyl (C=O) groups excluding carboxylic acids is 1. The third-order valence-corrected chi connectivity index (χ3v) is 4.52. The molecule has 0 saturated heterocycles. The van der Waals surface area contributed by atoms with Gasteiger partial charge in [0.25, 0.3) is 5.91 Å². The number of nitrogens with one attached hydrogen (secondary N) is 2. The van der Waals surface area contributed by atoms with Crippen molar-refractivity contribution in [1.29, 1.82) is 0 Å². The van der Waals surface area contributed by atoms with Crippen molar-refractivity contribution in [2.45, 2.75) is 11.3 Å². The molecule has 1 heterocycles. The Hall–Kier alpha value is -2.49. The molecule has 0 aliphatic carbocycles. The summed E-state index contributed by atoms with van der Waals surface area (Å²) in [5.74, 6) is 0.454. The average Bonchev–Trinajstić information content (AvgIpc) is 2.62. The fourth-order valence-corrected chi connectivity index (χ4v) is 2.70. The molecular formula is C17H22N4O4S. The molecule has 0 unspecified atom stereocenters. The Bertz CT molecular complexity index is 821. The van der Waals surface area contributed by atoms with E-state index in [1.54, 1.807) is 31.4 Å². The number of hydrogen-bond donors (Lipinski definition) is 3. The van der Waals surface area contributed by atoms with E-state index in [1.807, 2.05) is 0 Å². The van der Waals surface area contributed by atoms with E-state index in [4.69, 9.17) is 9.88 Å². The quantitative estimate of drug-likeness (QED) is 0.554.